The number of sulfonamides is 1. The van der Waals surface area contributed by atoms with E-state index in [0.717, 1.165) is 15.4 Å². The summed E-state index contributed by atoms with van der Waals surface area (Å²) < 4.78 is 37.1. The van der Waals surface area contributed by atoms with Crippen molar-refractivity contribution >= 4 is 27.9 Å². The molecule has 10 nitrogen and oxygen atoms in total. The number of aryl methyl sites for hydroxylation is 2. The summed E-state index contributed by atoms with van der Waals surface area (Å²) in [4.78, 5) is 38.3. The number of carbonyl (C=O) groups excluding carboxylic acids is 3. The van der Waals surface area contributed by atoms with E-state index in [4.69, 9.17) is 9.47 Å². The van der Waals surface area contributed by atoms with Gasteiger partial charge in [0, 0.05) is 26.1 Å². The molecule has 0 saturated carbocycles. The first-order valence-electron chi connectivity index (χ1n) is 10.8. The van der Waals surface area contributed by atoms with Gasteiger partial charge in [0.2, 0.25) is 10.0 Å². The Labute approximate surface area is 193 Å². The van der Waals surface area contributed by atoms with Crippen LogP contribution in [-0.4, -0.2) is 86.1 Å². The van der Waals surface area contributed by atoms with Gasteiger partial charge in [-0.25, -0.2) is 8.42 Å². The molecule has 0 bridgehead atoms. The first-order chi connectivity index (χ1) is 15.5. The zero-order chi connectivity index (χ0) is 24.3. The summed E-state index contributed by atoms with van der Waals surface area (Å²) >= 11 is 0. The van der Waals surface area contributed by atoms with E-state index in [1.54, 1.807) is 13.0 Å². The van der Waals surface area contributed by atoms with Crippen LogP contribution >= 0.6 is 0 Å². The summed E-state index contributed by atoms with van der Waals surface area (Å²) in [6.45, 7) is 3.56. The minimum absolute atomic E-state index is 0.0297. The topological polar surface area (TPSA) is 131 Å². The normalized spacial score (nSPS) is 22.2. The number of nitrogens with zero attached hydrogens (tertiary/aromatic N) is 2. The lowest BCUT2D eigenvalue weighted by molar-refractivity contribution is -0.156. The highest BCUT2D eigenvalue weighted by Crippen LogP contribution is 2.28. The first kappa shape index (κ1) is 25.1. The minimum atomic E-state index is -4.05. The highest BCUT2D eigenvalue weighted by Gasteiger charge is 2.44. The van der Waals surface area contributed by atoms with E-state index in [-0.39, 0.29) is 29.7 Å². The maximum atomic E-state index is 13.1. The van der Waals surface area contributed by atoms with Crippen LogP contribution < -0.4 is 0 Å². The molecule has 3 rings (SSSR count). The second-order valence-electron chi connectivity index (χ2n) is 8.51. The Hall–Kier alpha value is -2.50. The monoisotopic (exact) mass is 482 g/mol. The van der Waals surface area contributed by atoms with Gasteiger partial charge in [0.05, 0.1) is 24.0 Å². The molecule has 2 aliphatic heterocycles. The van der Waals surface area contributed by atoms with Crippen LogP contribution in [0.2, 0.25) is 0 Å². The molecule has 2 atom stereocenters. The molecule has 1 unspecified atom stereocenters. The molecule has 182 valence electrons. The molecule has 0 aliphatic carbocycles. The van der Waals surface area contributed by atoms with Crippen LogP contribution in [0.4, 0.5) is 0 Å². The molecule has 1 aromatic rings. The number of methoxy groups -OCH3 is 1. The molecular formula is C22H30N2O8S. The van der Waals surface area contributed by atoms with Gasteiger partial charge >= 0.3 is 11.9 Å². The van der Waals surface area contributed by atoms with Crippen molar-refractivity contribution < 1.29 is 37.4 Å². The van der Waals surface area contributed by atoms with Crippen molar-refractivity contribution in [3.05, 3.63) is 29.3 Å². The van der Waals surface area contributed by atoms with Crippen molar-refractivity contribution in [2.24, 2.45) is 5.92 Å². The second-order valence-corrected chi connectivity index (χ2v) is 10.4. The average Bonchev–Trinajstić information content (AvgIpc) is 3.21. The third-order valence-electron chi connectivity index (χ3n) is 6.31. The number of aliphatic hydroxyl groups excluding tert-OH is 1. The van der Waals surface area contributed by atoms with Gasteiger partial charge in [0.25, 0.3) is 5.91 Å². The van der Waals surface area contributed by atoms with Crippen LogP contribution in [0.25, 0.3) is 0 Å². The zero-order valence-corrected chi connectivity index (χ0v) is 19.8. The largest absolute Gasteiger partial charge is 0.469 e. The summed E-state index contributed by atoms with van der Waals surface area (Å²) in [5.74, 6) is -1.87. The fourth-order valence-corrected chi connectivity index (χ4v) is 5.84. The van der Waals surface area contributed by atoms with Gasteiger partial charge in [-0.05, 0) is 49.9 Å². The molecular weight excluding hydrogens is 452 g/mol. The molecule has 1 N–H and O–H groups in total. The van der Waals surface area contributed by atoms with Crippen molar-refractivity contribution in [1.29, 1.82) is 0 Å². The van der Waals surface area contributed by atoms with E-state index < -0.39 is 40.7 Å². The second kappa shape index (κ2) is 10.2. The van der Waals surface area contributed by atoms with Crippen molar-refractivity contribution in [3.8, 4) is 0 Å². The van der Waals surface area contributed by atoms with Crippen molar-refractivity contribution in [1.82, 2.24) is 9.21 Å². The third-order valence-corrected chi connectivity index (χ3v) is 8.18. The Morgan fingerprint density at radius 2 is 1.76 bits per heavy atom. The molecule has 33 heavy (non-hydrogen) atoms. The first-order valence-corrected chi connectivity index (χ1v) is 12.3. The predicted molar refractivity (Wildman–Crippen MR) is 116 cm³/mol. The van der Waals surface area contributed by atoms with Gasteiger partial charge in [0.15, 0.2) is 6.61 Å². The summed E-state index contributed by atoms with van der Waals surface area (Å²) in [5.41, 5.74) is 1.72. The minimum Gasteiger partial charge on any atom is -0.469 e. The maximum Gasteiger partial charge on any atom is 0.325 e. The molecule has 0 aromatic heterocycles. The smallest absolute Gasteiger partial charge is 0.325 e. The number of rotatable bonds is 6. The zero-order valence-electron chi connectivity index (χ0n) is 19.0. The molecule has 1 aromatic carbocycles. The molecule has 11 heteroatoms. The molecule has 2 saturated heterocycles. The Balaban J connectivity index is 1.62. The molecule has 2 aliphatic rings. The van der Waals surface area contributed by atoms with Gasteiger partial charge in [-0.15, -0.1) is 0 Å². The van der Waals surface area contributed by atoms with E-state index in [2.05, 4.69) is 0 Å². The number of hydrogen-bond acceptors (Lipinski definition) is 8. The van der Waals surface area contributed by atoms with Crippen LogP contribution in [0.15, 0.2) is 23.1 Å². The van der Waals surface area contributed by atoms with Crippen molar-refractivity contribution in [2.75, 3.05) is 33.4 Å². The molecule has 0 radical (unpaired) electrons. The quantitative estimate of drug-likeness (QED) is 0.576. The lowest BCUT2D eigenvalue weighted by atomic mass is 9.97. The molecule has 0 spiro atoms. The number of hydrogen-bond donors (Lipinski definition) is 1. The number of amides is 1. The number of esters is 2. The van der Waals surface area contributed by atoms with E-state index in [0.29, 0.717) is 25.9 Å². The number of β-amino-alcohol motifs (C(OH)–C–C–N with tert-alkyl or cyclic N) is 1. The highest BCUT2D eigenvalue weighted by molar-refractivity contribution is 7.89. The summed E-state index contributed by atoms with van der Waals surface area (Å²) in [6, 6.07) is 3.46. The van der Waals surface area contributed by atoms with Crippen molar-refractivity contribution in [3.63, 3.8) is 0 Å². The van der Waals surface area contributed by atoms with E-state index in [1.807, 2.05) is 6.92 Å². The van der Waals surface area contributed by atoms with Crippen molar-refractivity contribution in [2.45, 2.75) is 50.2 Å². The van der Waals surface area contributed by atoms with Gasteiger partial charge in [-0.3, -0.25) is 14.4 Å². The lowest BCUT2D eigenvalue weighted by Gasteiger charge is -2.30. The van der Waals surface area contributed by atoms with E-state index in [9.17, 15) is 27.9 Å². The fraction of sp³-hybridized carbons (Fsp3) is 0.591. The van der Waals surface area contributed by atoms with E-state index >= 15 is 0 Å². The highest BCUT2D eigenvalue weighted by atomic mass is 32.2. The van der Waals surface area contributed by atoms with Crippen LogP contribution in [0, 0.1) is 19.8 Å². The molecule has 2 heterocycles. The fourth-order valence-electron chi connectivity index (χ4n) is 4.13. The third kappa shape index (κ3) is 5.53. The Morgan fingerprint density at radius 1 is 1.09 bits per heavy atom. The summed E-state index contributed by atoms with van der Waals surface area (Å²) in [6.07, 6.45) is -0.203. The summed E-state index contributed by atoms with van der Waals surface area (Å²) in [7, 11) is -2.73. The van der Waals surface area contributed by atoms with Crippen LogP contribution in [-0.2, 0) is 33.9 Å². The van der Waals surface area contributed by atoms with Crippen LogP contribution in [0.3, 0.4) is 0 Å². The number of ether oxygens (including phenoxy) is 2. The molecule has 2 fully saturated rings. The number of benzene rings is 1. The predicted octanol–water partition coefficient (Wildman–Crippen LogP) is 0.382. The van der Waals surface area contributed by atoms with Gasteiger partial charge in [-0.2, -0.15) is 4.31 Å². The summed E-state index contributed by atoms with van der Waals surface area (Å²) in [5, 5.41) is 10.1. The Morgan fingerprint density at radius 3 is 2.36 bits per heavy atom. The van der Waals surface area contributed by atoms with Crippen LogP contribution in [0.1, 0.15) is 30.4 Å². The average molecular weight is 483 g/mol. The van der Waals surface area contributed by atoms with Crippen LogP contribution in [0.5, 0.6) is 0 Å². The molecule has 1 amide bonds. The van der Waals surface area contributed by atoms with Gasteiger partial charge in [0.1, 0.15) is 6.04 Å². The number of piperidine rings is 1. The van der Waals surface area contributed by atoms with Gasteiger partial charge in [-0.1, -0.05) is 6.07 Å². The SMILES string of the molecule is COC(=O)C1CCN(C(=O)COC(=O)[C@@H]2CC(O)CN2S(=O)(=O)c2ccc(C)c(C)c2)CC1. The number of aliphatic hydroxyl groups is 1. The van der Waals surface area contributed by atoms with E-state index in [1.165, 1.54) is 24.1 Å². The maximum absolute atomic E-state index is 13.1. The van der Waals surface area contributed by atoms with Gasteiger partial charge < -0.3 is 19.5 Å². The lowest BCUT2D eigenvalue weighted by Crippen LogP contribution is -2.44. The number of carbonyl (C=O) groups is 3. The Bertz CT molecular complexity index is 1020. The Kier molecular flexibility index (Phi) is 7.76. The number of likely N-dealkylation sites (tertiary alicyclic amines) is 1. The standard InChI is InChI=1S/C22H30N2O8S/c1-14-4-5-18(10-15(14)2)33(29,30)24-12-17(25)11-19(24)22(28)32-13-20(26)23-8-6-16(7-9-23)21(27)31-3/h4-5,10,16-17,19,25H,6-9,11-13H2,1-3H3/t17?,19-/m0/s1.